The molecule has 0 aromatic carbocycles. The summed E-state index contributed by atoms with van der Waals surface area (Å²) in [5, 5.41) is 0. The molecule has 0 aliphatic carbocycles. The first kappa shape index (κ1) is 8.06. The Morgan fingerprint density at radius 2 is 1.40 bits per heavy atom. The number of hydrogen-bond donors (Lipinski definition) is 0. The van der Waals surface area contributed by atoms with Crippen molar-refractivity contribution in [2.75, 3.05) is 13.1 Å². The number of halogens is 1. The lowest BCUT2D eigenvalue weighted by molar-refractivity contribution is -0.523. The fourth-order valence-corrected chi connectivity index (χ4v) is 1.56. The maximum absolute atomic E-state index is 5.61. The van der Waals surface area contributed by atoms with Gasteiger partial charge in [0.1, 0.15) is 13.1 Å². The zero-order valence-corrected chi connectivity index (χ0v) is 7.11. The summed E-state index contributed by atoms with van der Waals surface area (Å²) in [6.07, 6.45) is 6.78. The monoisotopic (exact) mass is 160 g/mol. The summed E-state index contributed by atoms with van der Waals surface area (Å²) in [6.45, 7) is 2.31. The van der Waals surface area contributed by atoms with Crippen LogP contribution in [0.1, 0.15) is 32.1 Å². The van der Waals surface area contributed by atoms with Gasteiger partial charge in [-0.25, -0.2) is 4.58 Å². The first-order valence-electron chi connectivity index (χ1n) is 4.11. The minimum atomic E-state index is 1.16. The molecular formula is C8H15ClN+. The first-order valence-corrected chi connectivity index (χ1v) is 4.55. The van der Waals surface area contributed by atoms with Crippen LogP contribution in [-0.2, 0) is 0 Å². The van der Waals surface area contributed by atoms with Gasteiger partial charge in [-0.2, -0.15) is 0 Å². The van der Waals surface area contributed by atoms with Crippen molar-refractivity contribution in [3.63, 3.8) is 0 Å². The van der Waals surface area contributed by atoms with Crippen LogP contribution in [0.2, 0.25) is 0 Å². The van der Waals surface area contributed by atoms with Crippen molar-refractivity contribution in [3.8, 4) is 0 Å². The normalized spacial score (nSPS) is 21.5. The summed E-state index contributed by atoms with van der Waals surface area (Å²) in [4.78, 5) is 0. The van der Waals surface area contributed by atoms with Crippen molar-refractivity contribution in [2.45, 2.75) is 32.1 Å². The highest BCUT2D eigenvalue weighted by Gasteiger charge is 2.06. The Bertz CT molecular complexity index is 110. The Morgan fingerprint density at radius 1 is 0.900 bits per heavy atom. The molecule has 0 atom stereocenters. The van der Waals surface area contributed by atoms with E-state index in [1.165, 1.54) is 32.1 Å². The van der Waals surface area contributed by atoms with Crippen molar-refractivity contribution in [3.05, 3.63) is 0 Å². The average molecular weight is 161 g/mol. The second-order valence-electron chi connectivity index (χ2n) is 2.90. The molecule has 1 aliphatic rings. The van der Waals surface area contributed by atoms with Crippen molar-refractivity contribution in [1.29, 1.82) is 0 Å². The largest absolute Gasteiger partial charge is 0.232 e. The molecule has 1 aliphatic heterocycles. The van der Waals surface area contributed by atoms with Crippen LogP contribution in [0.25, 0.3) is 0 Å². The van der Waals surface area contributed by atoms with Gasteiger partial charge in [0.25, 0.3) is 0 Å². The number of hydrogen-bond acceptors (Lipinski definition) is 0. The predicted molar refractivity (Wildman–Crippen MR) is 45.0 cm³/mol. The molecule has 0 aromatic rings. The Morgan fingerprint density at radius 3 is 1.90 bits per heavy atom. The van der Waals surface area contributed by atoms with E-state index in [0.717, 1.165) is 13.1 Å². The van der Waals surface area contributed by atoms with E-state index in [2.05, 4.69) is 4.58 Å². The molecule has 0 bridgehead atoms. The lowest BCUT2D eigenvalue weighted by Gasteiger charge is -2.06. The maximum atomic E-state index is 5.61. The highest BCUT2D eigenvalue weighted by Crippen LogP contribution is 2.06. The van der Waals surface area contributed by atoms with Gasteiger partial charge in [-0.3, -0.25) is 0 Å². The van der Waals surface area contributed by atoms with E-state index in [9.17, 15) is 0 Å². The van der Waals surface area contributed by atoms with Gasteiger partial charge in [0.05, 0.1) is 0 Å². The molecular weight excluding hydrogens is 146 g/mol. The van der Waals surface area contributed by atoms with E-state index in [-0.39, 0.29) is 0 Å². The van der Waals surface area contributed by atoms with Gasteiger partial charge in [-0.15, -0.1) is 0 Å². The molecule has 0 radical (unpaired) electrons. The lowest BCUT2D eigenvalue weighted by atomic mass is 10.1. The minimum Gasteiger partial charge on any atom is -0.226 e. The molecule has 0 aromatic heterocycles. The minimum absolute atomic E-state index is 1.16. The third kappa shape index (κ3) is 2.70. The van der Waals surface area contributed by atoms with Crippen LogP contribution in [0, 0.1) is 0 Å². The van der Waals surface area contributed by atoms with Crippen molar-refractivity contribution >= 4 is 17.3 Å². The molecule has 1 fully saturated rings. The second-order valence-corrected chi connectivity index (χ2v) is 3.10. The molecule has 0 saturated carbocycles. The van der Waals surface area contributed by atoms with E-state index < -0.39 is 0 Å². The van der Waals surface area contributed by atoms with Gasteiger partial charge in [0, 0.05) is 12.8 Å². The fraction of sp³-hybridized carbons (Fsp3) is 0.875. The summed E-state index contributed by atoms with van der Waals surface area (Å²) in [5.41, 5.74) is 1.70. The van der Waals surface area contributed by atoms with E-state index >= 15 is 0 Å². The third-order valence-electron chi connectivity index (χ3n) is 2.03. The van der Waals surface area contributed by atoms with Crippen molar-refractivity contribution < 1.29 is 4.58 Å². The standard InChI is InChI=1S/C8H15ClN/c9-8-10-6-4-2-1-3-5-7-10/h8H,1-7H2/q+1. The van der Waals surface area contributed by atoms with E-state index in [1.54, 1.807) is 5.67 Å². The molecule has 1 heterocycles. The Balaban J connectivity index is 2.30. The first-order chi connectivity index (χ1) is 4.93. The van der Waals surface area contributed by atoms with E-state index in [1.807, 2.05) is 0 Å². The Labute approximate surface area is 67.7 Å². The van der Waals surface area contributed by atoms with Crippen LogP contribution in [-0.4, -0.2) is 23.3 Å². The Kier molecular flexibility index (Phi) is 3.81. The molecule has 0 spiro atoms. The molecule has 1 saturated heterocycles. The molecule has 1 nitrogen and oxygen atoms in total. The predicted octanol–water partition coefficient (Wildman–Crippen LogP) is 2.23. The average Bonchev–Trinajstić information content (AvgIpc) is 1.87. The van der Waals surface area contributed by atoms with Gasteiger partial charge in [-0.1, -0.05) is 6.42 Å². The van der Waals surface area contributed by atoms with Crippen LogP contribution in [0.3, 0.4) is 0 Å². The fourth-order valence-electron chi connectivity index (χ4n) is 1.37. The summed E-state index contributed by atoms with van der Waals surface area (Å²) < 4.78 is 2.21. The third-order valence-corrected chi connectivity index (χ3v) is 2.30. The van der Waals surface area contributed by atoms with E-state index in [4.69, 9.17) is 11.6 Å². The zero-order valence-electron chi connectivity index (χ0n) is 6.35. The molecule has 0 unspecified atom stereocenters. The topological polar surface area (TPSA) is 3.01 Å². The van der Waals surface area contributed by atoms with Crippen LogP contribution in [0.5, 0.6) is 0 Å². The van der Waals surface area contributed by atoms with Gasteiger partial charge in [-0.05, 0) is 24.4 Å². The van der Waals surface area contributed by atoms with E-state index in [0.29, 0.717) is 0 Å². The smallest absolute Gasteiger partial charge is 0.226 e. The quantitative estimate of drug-likeness (QED) is 0.479. The molecule has 2 heteroatoms. The SMILES string of the molecule is ClC=[N+]1CCCCCCC1. The number of nitrogens with zero attached hydrogens (tertiary/aromatic N) is 1. The van der Waals surface area contributed by atoms with Crippen molar-refractivity contribution in [1.82, 2.24) is 0 Å². The second kappa shape index (κ2) is 4.73. The highest BCUT2D eigenvalue weighted by atomic mass is 35.5. The van der Waals surface area contributed by atoms with Crippen LogP contribution in [0.4, 0.5) is 0 Å². The summed E-state index contributed by atoms with van der Waals surface area (Å²) in [5.74, 6) is 0. The molecule has 0 amide bonds. The van der Waals surface area contributed by atoms with Crippen LogP contribution in [0.15, 0.2) is 0 Å². The molecule has 10 heavy (non-hydrogen) atoms. The number of rotatable bonds is 0. The summed E-state index contributed by atoms with van der Waals surface area (Å²) >= 11 is 5.61. The lowest BCUT2D eigenvalue weighted by Crippen LogP contribution is -2.16. The van der Waals surface area contributed by atoms with Gasteiger partial charge < -0.3 is 0 Å². The summed E-state index contributed by atoms with van der Waals surface area (Å²) in [7, 11) is 0. The highest BCUT2D eigenvalue weighted by molar-refractivity contribution is 6.54. The summed E-state index contributed by atoms with van der Waals surface area (Å²) in [6, 6.07) is 0. The van der Waals surface area contributed by atoms with Gasteiger partial charge in [0.15, 0.2) is 0 Å². The van der Waals surface area contributed by atoms with Gasteiger partial charge >= 0.3 is 0 Å². The molecule has 0 N–H and O–H groups in total. The van der Waals surface area contributed by atoms with Crippen molar-refractivity contribution in [2.24, 2.45) is 0 Å². The van der Waals surface area contributed by atoms with Crippen LogP contribution < -0.4 is 0 Å². The molecule has 58 valence electrons. The maximum Gasteiger partial charge on any atom is 0.232 e. The van der Waals surface area contributed by atoms with Crippen LogP contribution >= 0.6 is 11.6 Å². The molecule has 1 rings (SSSR count). The zero-order chi connectivity index (χ0) is 7.23. The Hall–Kier alpha value is -0.0400. The van der Waals surface area contributed by atoms with Gasteiger partial charge in [0.2, 0.25) is 5.67 Å².